The van der Waals surface area contributed by atoms with E-state index in [9.17, 15) is 0 Å². The lowest BCUT2D eigenvalue weighted by atomic mass is 9.79. The van der Waals surface area contributed by atoms with Crippen LogP contribution in [0.25, 0.3) is 44.9 Å². The van der Waals surface area contributed by atoms with Crippen LogP contribution in [0.5, 0.6) is 0 Å². The molecule has 5 aromatic rings. The van der Waals surface area contributed by atoms with Crippen molar-refractivity contribution in [2.24, 2.45) is 11.8 Å². The summed E-state index contributed by atoms with van der Waals surface area (Å²) in [6, 6.07) is 37.3. The van der Waals surface area contributed by atoms with E-state index >= 15 is 0 Å². The van der Waals surface area contributed by atoms with E-state index < -0.39 is 0 Å². The van der Waals surface area contributed by atoms with Crippen LogP contribution in [0.2, 0.25) is 0 Å². The van der Waals surface area contributed by atoms with Crippen molar-refractivity contribution in [2.75, 3.05) is 0 Å². The molecule has 0 fully saturated rings. The van der Waals surface area contributed by atoms with Crippen LogP contribution in [0.1, 0.15) is 43.5 Å². The molecular formula is C37H31NO. The molecule has 2 nitrogen and oxygen atoms in total. The van der Waals surface area contributed by atoms with Crippen LogP contribution in [0.4, 0.5) is 0 Å². The summed E-state index contributed by atoms with van der Waals surface area (Å²) in [5, 5.41) is 1.30. The minimum atomic E-state index is 0.0670. The second-order valence-corrected chi connectivity index (χ2v) is 11.4. The van der Waals surface area contributed by atoms with Gasteiger partial charge in [0.1, 0.15) is 6.10 Å². The van der Waals surface area contributed by atoms with Crippen molar-refractivity contribution < 1.29 is 4.74 Å². The fourth-order valence-electron chi connectivity index (χ4n) is 6.99. The molecule has 0 spiro atoms. The van der Waals surface area contributed by atoms with Crippen LogP contribution in [0.3, 0.4) is 0 Å². The molecule has 0 N–H and O–H groups in total. The summed E-state index contributed by atoms with van der Waals surface area (Å²) >= 11 is 0. The molecule has 2 heteroatoms. The van der Waals surface area contributed by atoms with Crippen molar-refractivity contribution in [2.45, 2.75) is 32.3 Å². The van der Waals surface area contributed by atoms with E-state index in [-0.39, 0.29) is 6.10 Å². The molecule has 1 aliphatic heterocycles. The van der Waals surface area contributed by atoms with Gasteiger partial charge in [0.15, 0.2) is 0 Å². The highest BCUT2D eigenvalue weighted by atomic mass is 16.5. The Kier molecular flexibility index (Phi) is 5.16. The SMILES string of the molecule is CC1CCC2=C(C1)OC1c3c(n(-c4cc(-c5ccccc5)cc(-c5ccccc5)c4)c4ccccc34)C=CC21. The summed E-state index contributed by atoms with van der Waals surface area (Å²) in [5.41, 5.74) is 11.4. The van der Waals surface area contributed by atoms with Gasteiger partial charge >= 0.3 is 0 Å². The molecule has 39 heavy (non-hydrogen) atoms. The van der Waals surface area contributed by atoms with Crippen LogP contribution in [0, 0.1) is 11.8 Å². The van der Waals surface area contributed by atoms with Crippen molar-refractivity contribution in [3.63, 3.8) is 0 Å². The number of ether oxygens (including phenoxy) is 1. The Balaban J connectivity index is 1.35. The van der Waals surface area contributed by atoms with E-state index in [2.05, 4.69) is 127 Å². The third kappa shape index (κ3) is 3.62. The average Bonchev–Trinajstić information content (AvgIpc) is 3.53. The maximum atomic E-state index is 6.82. The second-order valence-electron chi connectivity index (χ2n) is 11.4. The zero-order valence-corrected chi connectivity index (χ0v) is 22.2. The standard InChI is InChI=1S/C37H31NO/c1-24-16-17-30-31-18-19-34-36(37(31)39-35(30)20-24)32-14-8-9-15-33(32)38(34)29-22-27(25-10-4-2-5-11-25)21-28(23-29)26-12-6-3-7-13-26/h2-15,18-19,21-24,31,37H,16-17,20H2,1H3. The summed E-state index contributed by atoms with van der Waals surface area (Å²) in [5.74, 6) is 2.32. The fraction of sp³-hybridized carbons (Fsp3) is 0.189. The Labute approximate surface area is 229 Å². The predicted molar refractivity (Wildman–Crippen MR) is 161 cm³/mol. The smallest absolute Gasteiger partial charge is 0.136 e. The molecule has 0 amide bonds. The highest BCUT2D eigenvalue weighted by Gasteiger charge is 2.42. The second kappa shape index (κ2) is 8.88. The molecule has 8 rings (SSSR count). The van der Waals surface area contributed by atoms with E-state index in [0.29, 0.717) is 11.8 Å². The molecule has 2 aliphatic carbocycles. The summed E-state index contributed by atoms with van der Waals surface area (Å²) in [7, 11) is 0. The minimum absolute atomic E-state index is 0.0670. The third-order valence-electron chi connectivity index (χ3n) is 8.88. The van der Waals surface area contributed by atoms with Gasteiger partial charge in [-0.2, -0.15) is 0 Å². The normalized spacial score (nSPS) is 21.4. The quantitative estimate of drug-likeness (QED) is 0.238. The average molecular weight is 506 g/mol. The van der Waals surface area contributed by atoms with E-state index in [4.69, 9.17) is 4.74 Å². The molecule has 0 bridgehead atoms. The van der Waals surface area contributed by atoms with Crippen molar-refractivity contribution in [1.29, 1.82) is 0 Å². The highest BCUT2D eigenvalue weighted by molar-refractivity contribution is 5.92. The van der Waals surface area contributed by atoms with E-state index in [0.717, 1.165) is 12.8 Å². The molecule has 3 unspecified atom stereocenters. The molecule has 3 aliphatic rings. The largest absolute Gasteiger partial charge is 0.489 e. The first-order chi connectivity index (χ1) is 19.2. The summed E-state index contributed by atoms with van der Waals surface area (Å²) in [4.78, 5) is 0. The van der Waals surface area contributed by atoms with Gasteiger partial charge in [-0.1, -0.05) is 91.9 Å². The lowest BCUT2D eigenvalue weighted by molar-refractivity contribution is 0.115. The molecule has 1 aromatic heterocycles. The number of benzene rings is 4. The molecule has 0 radical (unpaired) electrons. The molecule has 0 saturated carbocycles. The van der Waals surface area contributed by atoms with Crippen molar-refractivity contribution in [1.82, 2.24) is 4.57 Å². The van der Waals surface area contributed by atoms with E-state index in [1.807, 2.05) is 0 Å². The van der Waals surface area contributed by atoms with Gasteiger partial charge in [0.05, 0.1) is 17.0 Å². The Morgan fingerprint density at radius 1 is 0.744 bits per heavy atom. The van der Waals surface area contributed by atoms with Gasteiger partial charge in [-0.05, 0) is 76.9 Å². The molecule has 2 heterocycles. The molecule has 3 atom stereocenters. The van der Waals surface area contributed by atoms with Gasteiger partial charge in [0.2, 0.25) is 0 Å². The van der Waals surface area contributed by atoms with Crippen LogP contribution in [-0.2, 0) is 4.74 Å². The molecular weight excluding hydrogens is 474 g/mol. The third-order valence-corrected chi connectivity index (χ3v) is 8.88. The number of hydrogen-bond donors (Lipinski definition) is 0. The number of aromatic nitrogens is 1. The summed E-state index contributed by atoms with van der Waals surface area (Å²) in [6.07, 6.45) is 8.35. The van der Waals surface area contributed by atoms with Crippen molar-refractivity contribution in [3.8, 4) is 27.9 Å². The monoisotopic (exact) mass is 505 g/mol. The lowest BCUT2D eigenvalue weighted by Crippen LogP contribution is -2.14. The topological polar surface area (TPSA) is 14.2 Å². The van der Waals surface area contributed by atoms with Crippen LogP contribution in [0.15, 0.2) is 121 Å². The summed E-state index contributed by atoms with van der Waals surface area (Å²) in [6.45, 7) is 2.35. The Morgan fingerprint density at radius 2 is 1.41 bits per heavy atom. The predicted octanol–water partition coefficient (Wildman–Crippen LogP) is 9.75. The van der Waals surface area contributed by atoms with Gasteiger partial charge in [0.25, 0.3) is 0 Å². The zero-order chi connectivity index (χ0) is 25.9. The van der Waals surface area contributed by atoms with Gasteiger partial charge in [-0.25, -0.2) is 0 Å². The maximum Gasteiger partial charge on any atom is 0.136 e. The number of allylic oxidation sites excluding steroid dienone is 1. The van der Waals surface area contributed by atoms with Crippen molar-refractivity contribution >= 4 is 17.0 Å². The first-order valence-corrected chi connectivity index (χ1v) is 14.2. The number of rotatable bonds is 3. The van der Waals surface area contributed by atoms with E-state index in [1.165, 1.54) is 67.9 Å². The molecule has 4 aromatic carbocycles. The number of para-hydroxylation sites is 1. The van der Waals surface area contributed by atoms with Gasteiger partial charge < -0.3 is 9.30 Å². The van der Waals surface area contributed by atoms with Gasteiger partial charge in [-0.3, -0.25) is 0 Å². The van der Waals surface area contributed by atoms with Gasteiger partial charge in [0, 0.05) is 29.0 Å². The number of fused-ring (bicyclic) bond motifs is 6. The summed E-state index contributed by atoms with van der Waals surface area (Å²) < 4.78 is 9.28. The van der Waals surface area contributed by atoms with Crippen LogP contribution < -0.4 is 0 Å². The Morgan fingerprint density at radius 3 is 2.13 bits per heavy atom. The highest BCUT2D eigenvalue weighted by Crippen LogP contribution is 2.54. The minimum Gasteiger partial charge on any atom is -0.489 e. The number of nitrogens with zero attached hydrogens (tertiary/aromatic N) is 1. The molecule has 190 valence electrons. The van der Waals surface area contributed by atoms with Crippen LogP contribution in [-0.4, -0.2) is 4.57 Å². The van der Waals surface area contributed by atoms with Gasteiger partial charge in [-0.15, -0.1) is 0 Å². The first-order valence-electron chi connectivity index (χ1n) is 14.2. The maximum absolute atomic E-state index is 6.82. The zero-order valence-electron chi connectivity index (χ0n) is 22.2. The van der Waals surface area contributed by atoms with E-state index in [1.54, 1.807) is 0 Å². The fourth-order valence-corrected chi connectivity index (χ4v) is 6.99. The van der Waals surface area contributed by atoms with Crippen LogP contribution >= 0.6 is 0 Å². The number of hydrogen-bond acceptors (Lipinski definition) is 1. The Bertz CT molecular complexity index is 1720. The van der Waals surface area contributed by atoms with Crippen molar-refractivity contribution in [3.05, 3.63) is 132 Å². The first kappa shape index (κ1) is 22.7. The Hall–Kier alpha value is -4.30. The lowest BCUT2D eigenvalue weighted by Gasteiger charge is -2.24. The molecule has 0 saturated heterocycles.